The molecule has 1 aliphatic heterocycles. The van der Waals surface area contributed by atoms with Crippen molar-refractivity contribution in [1.29, 1.82) is 0 Å². The molecule has 0 spiro atoms. The van der Waals surface area contributed by atoms with Crippen LogP contribution in [0.1, 0.15) is 27.1 Å². The van der Waals surface area contributed by atoms with Crippen LogP contribution in [0, 0.1) is 0 Å². The molecule has 5 nitrogen and oxygen atoms in total. The molecule has 1 aromatic rings. The fourth-order valence-corrected chi connectivity index (χ4v) is 2.22. The van der Waals surface area contributed by atoms with Crippen LogP contribution in [0.15, 0.2) is 36.7 Å². The lowest BCUT2D eigenvalue weighted by Gasteiger charge is -2.18. The van der Waals surface area contributed by atoms with Crippen LogP contribution >= 0.6 is 0 Å². The molecular weight excluding hydrogens is 275 g/mol. The molecule has 6 heteroatoms. The molecule has 110 valence electrons. The van der Waals surface area contributed by atoms with Gasteiger partial charge in [0.25, 0.3) is 17.7 Å². The van der Waals surface area contributed by atoms with Crippen LogP contribution in [0.2, 0.25) is 0 Å². The van der Waals surface area contributed by atoms with Gasteiger partial charge in [0, 0.05) is 20.1 Å². The van der Waals surface area contributed by atoms with Crippen molar-refractivity contribution < 1.29 is 18.8 Å². The summed E-state index contributed by atoms with van der Waals surface area (Å²) in [6.07, 6.45) is 0.376. The molecule has 1 aliphatic rings. The molecule has 0 fully saturated rings. The van der Waals surface area contributed by atoms with Crippen molar-refractivity contribution in [3.8, 4) is 0 Å². The van der Waals surface area contributed by atoms with Crippen LogP contribution in [0.3, 0.4) is 0 Å². The van der Waals surface area contributed by atoms with Gasteiger partial charge in [0.15, 0.2) is 5.83 Å². The Labute approximate surface area is 121 Å². The van der Waals surface area contributed by atoms with Crippen LogP contribution in [0.4, 0.5) is 4.39 Å². The molecule has 0 unspecified atom stereocenters. The minimum atomic E-state index is -1.03. The van der Waals surface area contributed by atoms with Gasteiger partial charge in [-0.15, -0.1) is 0 Å². The van der Waals surface area contributed by atoms with E-state index in [-0.39, 0.29) is 24.9 Å². The maximum atomic E-state index is 12.7. The highest BCUT2D eigenvalue weighted by atomic mass is 19.1. The van der Waals surface area contributed by atoms with E-state index in [4.69, 9.17) is 0 Å². The lowest BCUT2D eigenvalue weighted by atomic mass is 10.1. The van der Waals surface area contributed by atoms with Gasteiger partial charge in [-0.25, -0.2) is 4.39 Å². The number of carbonyl (C=O) groups is 3. The fourth-order valence-electron chi connectivity index (χ4n) is 2.22. The largest absolute Gasteiger partial charge is 0.340 e. The number of benzene rings is 1. The quantitative estimate of drug-likeness (QED) is 0.611. The number of fused-ring (bicyclic) bond motifs is 1. The summed E-state index contributed by atoms with van der Waals surface area (Å²) in [6, 6.07) is 6.62. The van der Waals surface area contributed by atoms with Gasteiger partial charge in [0.2, 0.25) is 0 Å². The van der Waals surface area contributed by atoms with Crippen LogP contribution in [-0.2, 0) is 4.79 Å². The zero-order chi connectivity index (χ0) is 15.6. The second-order valence-electron chi connectivity index (χ2n) is 4.79. The van der Waals surface area contributed by atoms with Crippen LogP contribution in [0.25, 0.3) is 0 Å². The van der Waals surface area contributed by atoms with Gasteiger partial charge in [-0.05, 0) is 18.6 Å². The molecule has 0 saturated carbocycles. The smallest absolute Gasteiger partial charge is 0.281 e. The summed E-state index contributed by atoms with van der Waals surface area (Å²) >= 11 is 0. The average Bonchev–Trinajstić information content (AvgIpc) is 2.71. The molecule has 0 atom stereocenters. The van der Waals surface area contributed by atoms with Gasteiger partial charge in [0.1, 0.15) is 0 Å². The summed E-state index contributed by atoms with van der Waals surface area (Å²) in [6.45, 7) is 3.35. The number of hydrogen-bond acceptors (Lipinski definition) is 3. The topological polar surface area (TPSA) is 57.7 Å². The van der Waals surface area contributed by atoms with Gasteiger partial charge in [0.05, 0.1) is 11.1 Å². The van der Waals surface area contributed by atoms with E-state index in [9.17, 15) is 18.8 Å². The van der Waals surface area contributed by atoms with Crippen molar-refractivity contribution in [2.75, 3.05) is 20.1 Å². The van der Waals surface area contributed by atoms with E-state index >= 15 is 0 Å². The second kappa shape index (κ2) is 5.87. The van der Waals surface area contributed by atoms with Gasteiger partial charge < -0.3 is 4.90 Å². The lowest BCUT2D eigenvalue weighted by Crippen LogP contribution is -2.34. The van der Waals surface area contributed by atoms with Crippen LogP contribution < -0.4 is 0 Å². The Morgan fingerprint density at radius 3 is 2.24 bits per heavy atom. The number of rotatable bonds is 5. The Morgan fingerprint density at radius 2 is 1.76 bits per heavy atom. The van der Waals surface area contributed by atoms with Gasteiger partial charge in [-0.2, -0.15) is 0 Å². The van der Waals surface area contributed by atoms with Gasteiger partial charge in [-0.3, -0.25) is 19.3 Å². The lowest BCUT2D eigenvalue weighted by molar-refractivity contribution is -0.127. The molecule has 0 bridgehead atoms. The standard InChI is InChI=1S/C15H15FN2O3/c1-10(16)13(19)17(2)8-5-9-18-14(20)11-6-3-4-7-12(11)15(18)21/h3-4,6-7H,1,5,8-9H2,2H3. The maximum absolute atomic E-state index is 12.7. The molecule has 0 radical (unpaired) electrons. The summed E-state index contributed by atoms with van der Waals surface area (Å²) < 4.78 is 12.7. The summed E-state index contributed by atoms with van der Waals surface area (Å²) in [4.78, 5) is 37.7. The van der Waals surface area contributed by atoms with Crippen molar-refractivity contribution in [3.05, 3.63) is 47.8 Å². The van der Waals surface area contributed by atoms with E-state index < -0.39 is 11.7 Å². The molecule has 0 aromatic heterocycles. The highest BCUT2D eigenvalue weighted by Crippen LogP contribution is 2.22. The van der Waals surface area contributed by atoms with E-state index in [0.717, 1.165) is 4.90 Å². The number of halogens is 1. The van der Waals surface area contributed by atoms with Gasteiger partial charge >= 0.3 is 0 Å². The first kappa shape index (κ1) is 14.9. The molecular formula is C15H15FN2O3. The number of nitrogens with zero attached hydrogens (tertiary/aromatic N) is 2. The molecule has 0 aliphatic carbocycles. The SMILES string of the molecule is C=C(F)C(=O)N(C)CCCN1C(=O)c2ccccc2C1=O. The van der Waals surface area contributed by atoms with Crippen molar-refractivity contribution in [1.82, 2.24) is 9.80 Å². The van der Waals surface area contributed by atoms with Crippen molar-refractivity contribution in [3.63, 3.8) is 0 Å². The minimum Gasteiger partial charge on any atom is -0.340 e. The summed E-state index contributed by atoms with van der Waals surface area (Å²) in [7, 11) is 1.44. The number of carbonyl (C=O) groups excluding carboxylic acids is 3. The molecule has 1 aromatic carbocycles. The average molecular weight is 290 g/mol. The third kappa shape index (κ3) is 2.84. The zero-order valence-corrected chi connectivity index (χ0v) is 11.6. The Bertz CT molecular complexity index is 592. The monoisotopic (exact) mass is 290 g/mol. The Kier molecular flexibility index (Phi) is 4.16. The van der Waals surface area contributed by atoms with E-state index in [1.54, 1.807) is 24.3 Å². The van der Waals surface area contributed by atoms with Crippen molar-refractivity contribution in [2.24, 2.45) is 0 Å². The van der Waals surface area contributed by atoms with Crippen LogP contribution in [0.5, 0.6) is 0 Å². The van der Waals surface area contributed by atoms with Crippen molar-refractivity contribution >= 4 is 17.7 Å². The fraction of sp³-hybridized carbons (Fsp3) is 0.267. The maximum Gasteiger partial charge on any atom is 0.281 e. The Balaban J connectivity index is 1.94. The highest BCUT2D eigenvalue weighted by Gasteiger charge is 2.34. The number of imide groups is 1. The zero-order valence-electron chi connectivity index (χ0n) is 11.6. The normalized spacial score (nSPS) is 13.3. The first-order valence-corrected chi connectivity index (χ1v) is 6.48. The third-order valence-corrected chi connectivity index (χ3v) is 3.33. The minimum absolute atomic E-state index is 0.183. The van der Waals surface area contributed by atoms with E-state index in [1.165, 1.54) is 11.9 Å². The van der Waals surface area contributed by atoms with Crippen LogP contribution in [-0.4, -0.2) is 47.7 Å². The summed E-state index contributed by atoms with van der Waals surface area (Å²) in [5, 5.41) is 0. The highest BCUT2D eigenvalue weighted by molar-refractivity contribution is 6.21. The third-order valence-electron chi connectivity index (χ3n) is 3.33. The number of hydrogen-bond donors (Lipinski definition) is 0. The molecule has 0 saturated heterocycles. The predicted octanol–water partition coefficient (Wildman–Crippen LogP) is 1.61. The van der Waals surface area contributed by atoms with Gasteiger partial charge in [-0.1, -0.05) is 18.7 Å². The summed E-state index contributed by atoms with van der Waals surface area (Å²) in [5.41, 5.74) is 0.785. The van der Waals surface area contributed by atoms with E-state index in [1.807, 2.05) is 0 Å². The molecule has 2 rings (SSSR count). The predicted molar refractivity (Wildman–Crippen MR) is 74.3 cm³/mol. The van der Waals surface area contributed by atoms with Crippen molar-refractivity contribution in [2.45, 2.75) is 6.42 Å². The molecule has 21 heavy (non-hydrogen) atoms. The number of likely N-dealkylation sites (N-methyl/N-ethyl adjacent to an activating group) is 1. The second-order valence-corrected chi connectivity index (χ2v) is 4.79. The number of amides is 3. The molecule has 3 amide bonds. The molecule has 0 N–H and O–H groups in total. The first-order chi connectivity index (χ1) is 9.93. The van der Waals surface area contributed by atoms with E-state index in [0.29, 0.717) is 17.5 Å². The van der Waals surface area contributed by atoms with E-state index in [2.05, 4.69) is 6.58 Å². The molecule has 1 heterocycles. The first-order valence-electron chi connectivity index (χ1n) is 6.48. The summed E-state index contributed by atoms with van der Waals surface area (Å²) in [5.74, 6) is -2.49. The Morgan fingerprint density at radius 1 is 1.24 bits per heavy atom. The Hall–Kier alpha value is -2.50.